The second-order valence-corrected chi connectivity index (χ2v) is 7.54. The highest BCUT2D eigenvalue weighted by atomic mass is 32.1. The third kappa shape index (κ3) is 4.73. The maximum Gasteiger partial charge on any atom is 0.273 e. The zero-order chi connectivity index (χ0) is 16.9. The van der Waals surface area contributed by atoms with Crippen LogP contribution in [0.1, 0.15) is 34.8 Å². The van der Waals surface area contributed by atoms with Crippen molar-refractivity contribution < 1.29 is 14.6 Å². The Kier molecular flexibility index (Phi) is 6.52. The SMILES string of the molecule is COCC[C@@]1(CO)CCCN(C(=O)c2csc(CN(C)C)n2)C1. The van der Waals surface area contributed by atoms with Crippen molar-refractivity contribution in [2.24, 2.45) is 5.41 Å². The summed E-state index contributed by atoms with van der Waals surface area (Å²) in [6.07, 6.45) is 2.61. The maximum absolute atomic E-state index is 12.7. The molecule has 1 aromatic rings. The lowest BCUT2D eigenvalue weighted by Gasteiger charge is -2.41. The van der Waals surface area contributed by atoms with E-state index >= 15 is 0 Å². The van der Waals surface area contributed by atoms with Gasteiger partial charge in [0.2, 0.25) is 0 Å². The summed E-state index contributed by atoms with van der Waals surface area (Å²) in [5, 5.41) is 12.6. The molecule has 1 atom stereocenters. The zero-order valence-corrected chi connectivity index (χ0v) is 15.1. The number of aliphatic hydroxyl groups is 1. The van der Waals surface area contributed by atoms with E-state index in [0.717, 1.165) is 37.4 Å². The molecule has 1 N–H and O–H groups in total. The smallest absolute Gasteiger partial charge is 0.273 e. The summed E-state index contributed by atoms with van der Waals surface area (Å²) in [4.78, 5) is 21.1. The first kappa shape index (κ1) is 18.3. The van der Waals surface area contributed by atoms with Crippen molar-refractivity contribution in [1.29, 1.82) is 0 Å². The fourth-order valence-corrected chi connectivity index (χ4v) is 3.91. The van der Waals surface area contributed by atoms with E-state index in [1.807, 2.05) is 29.3 Å². The first-order chi connectivity index (χ1) is 11.0. The van der Waals surface area contributed by atoms with Crippen molar-refractivity contribution in [1.82, 2.24) is 14.8 Å². The van der Waals surface area contributed by atoms with Crippen LogP contribution in [0.2, 0.25) is 0 Å². The number of hydrogen-bond acceptors (Lipinski definition) is 6. The molecule has 1 aliphatic heterocycles. The summed E-state index contributed by atoms with van der Waals surface area (Å²) >= 11 is 1.52. The number of ether oxygens (including phenoxy) is 1. The third-order valence-electron chi connectivity index (χ3n) is 4.34. The van der Waals surface area contributed by atoms with Gasteiger partial charge in [0.15, 0.2) is 0 Å². The highest BCUT2D eigenvalue weighted by Gasteiger charge is 2.37. The molecule has 2 rings (SSSR count). The van der Waals surface area contributed by atoms with Crippen molar-refractivity contribution in [3.05, 3.63) is 16.1 Å². The van der Waals surface area contributed by atoms with Gasteiger partial charge in [-0.1, -0.05) is 0 Å². The van der Waals surface area contributed by atoms with E-state index in [1.165, 1.54) is 11.3 Å². The summed E-state index contributed by atoms with van der Waals surface area (Å²) in [6, 6.07) is 0. The number of carbonyl (C=O) groups excluding carboxylic acids is 1. The second kappa shape index (κ2) is 8.19. The van der Waals surface area contributed by atoms with Crippen molar-refractivity contribution >= 4 is 17.2 Å². The van der Waals surface area contributed by atoms with Gasteiger partial charge in [0.05, 0.1) is 6.61 Å². The highest BCUT2D eigenvalue weighted by molar-refractivity contribution is 7.09. The summed E-state index contributed by atoms with van der Waals surface area (Å²) < 4.78 is 5.16. The normalized spacial score (nSPS) is 21.9. The first-order valence-electron chi connectivity index (χ1n) is 7.98. The molecule has 0 unspecified atom stereocenters. The number of aliphatic hydroxyl groups excluding tert-OH is 1. The molecule has 1 fully saturated rings. The number of aromatic nitrogens is 1. The minimum atomic E-state index is -0.244. The summed E-state index contributed by atoms with van der Waals surface area (Å²) in [5.41, 5.74) is 0.277. The summed E-state index contributed by atoms with van der Waals surface area (Å²) in [6.45, 7) is 2.74. The Hall–Kier alpha value is -1.02. The molecule has 0 bridgehead atoms. The molecule has 0 radical (unpaired) electrons. The molecule has 0 spiro atoms. The molecule has 1 amide bonds. The molecule has 6 nitrogen and oxygen atoms in total. The van der Waals surface area contributed by atoms with Crippen LogP contribution < -0.4 is 0 Å². The second-order valence-electron chi connectivity index (χ2n) is 6.60. The van der Waals surface area contributed by atoms with E-state index < -0.39 is 0 Å². The number of nitrogens with zero attached hydrogens (tertiary/aromatic N) is 3. The predicted octanol–water partition coefficient (Wildman–Crippen LogP) is 1.46. The zero-order valence-electron chi connectivity index (χ0n) is 14.2. The number of hydrogen-bond donors (Lipinski definition) is 1. The molecule has 0 aromatic carbocycles. The van der Waals surface area contributed by atoms with Crippen molar-refractivity contribution in [3.63, 3.8) is 0 Å². The topological polar surface area (TPSA) is 65.9 Å². The van der Waals surface area contributed by atoms with Crippen LogP contribution in [0.3, 0.4) is 0 Å². The van der Waals surface area contributed by atoms with Crippen LogP contribution in [-0.2, 0) is 11.3 Å². The van der Waals surface area contributed by atoms with E-state index in [4.69, 9.17) is 4.74 Å². The molecular formula is C16H27N3O3S. The fourth-order valence-electron chi connectivity index (χ4n) is 3.03. The van der Waals surface area contributed by atoms with Crippen LogP contribution in [0, 0.1) is 5.41 Å². The minimum Gasteiger partial charge on any atom is -0.396 e. The number of thiazole rings is 1. The Bertz CT molecular complexity index is 520. The average Bonchev–Trinajstić information content (AvgIpc) is 3.00. The largest absolute Gasteiger partial charge is 0.396 e. The van der Waals surface area contributed by atoms with Crippen molar-refractivity contribution in [3.8, 4) is 0 Å². The van der Waals surface area contributed by atoms with Gasteiger partial charge in [0.25, 0.3) is 5.91 Å². The molecule has 7 heteroatoms. The van der Waals surface area contributed by atoms with E-state index in [0.29, 0.717) is 18.8 Å². The lowest BCUT2D eigenvalue weighted by Crippen LogP contribution is -2.48. The van der Waals surface area contributed by atoms with Gasteiger partial charge in [0.1, 0.15) is 10.7 Å². The van der Waals surface area contributed by atoms with Crippen LogP contribution in [0.5, 0.6) is 0 Å². The van der Waals surface area contributed by atoms with E-state index in [2.05, 4.69) is 4.98 Å². The molecule has 1 saturated heterocycles. The van der Waals surface area contributed by atoms with Crippen LogP contribution in [0.4, 0.5) is 0 Å². The monoisotopic (exact) mass is 341 g/mol. The van der Waals surface area contributed by atoms with Gasteiger partial charge in [-0.25, -0.2) is 4.98 Å². The van der Waals surface area contributed by atoms with E-state index in [-0.39, 0.29) is 17.9 Å². The first-order valence-corrected chi connectivity index (χ1v) is 8.86. The lowest BCUT2D eigenvalue weighted by atomic mass is 9.78. The number of likely N-dealkylation sites (tertiary alicyclic amines) is 1. The lowest BCUT2D eigenvalue weighted by molar-refractivity contribution is 0.00876. The molecule has 1 aliphatic rings. The average molecular weight is 341 g/mol. The predicted molar refractivity (Wildman–Crippen MR) is 90.7 cm³/mol. The Morgan fingerprint density at radius 2 is 2.35 bits per heavy atom. The van der Waals surface area contributed by atoms with Crippen molar-refractivity contribution in [2.75, 3.05) is 47.5 Å². The van der Waals surface area contributed by atoms with Gasteiger partial charge in [-0.15, -0.1) is 11.3 Å². The maximum atomic E-state index is 12.7. The van der Waals surface area contributed by atoms with Crippen molar-refractivity contribution in [2.45, 2.75) is 25.8 Å². The van der Waals surface area contributed by atoms with Crippen LogP contribution in [0.25, 0.3) is 0 Å². The van der Waals surface area contributed by atoms with Gasteiger partial charge in [-0.05, 0) is 33.4 Å². The number of amides is 1. The van der Waals surface area contributed by atoms with Gasteiger partial charge < -0.3 is 19.6 Å². The Morgan fingerprint density at radius 3 is 3.00 bits per heavy atom. The summed E-state index contributed by atoms with van der Waals surface area (Å²) in [5.74, 6) is -0.0267. The standard InChI is InChI=1S/C16H27N3O3S/c1-18(2)9-14-17-13(10-23-14)15(21)19-7-4-5-16(11-19,12-20)6-8-22-3/h10,20H,4-9,11-12H2,1-3H3/t16-/m0/s1. The fraction of sp³-hybridized carbons (Fsp3) is 0.750. The van der Waals surface area contributed by atoms with Gasteiger partial charge >= 0.3 is 0 Å². The molecule has 0 saturated carbocycles. The van der Waals surface area contributed by atoms with E-state index in [9.17, 15) is 9.90 Å². The molecule has 0 aliphatic carbocycles. The van der Waals surface area contributed by atoms with Crippen LogP contribution >= 0.6 is 11.3 Å². The Balaban J connectivity index is 2.05. The molecule has 130 valence electrons. The Morgan fingerprint density at radius 1 is 1.57 bits per heavy atom. The third-order valence-corrected chi connectivity index (χ3v) is 5.18. The minimum absolute atomic E-state index is 0.0267. The quantitative estimate of drug-likeness (QED) is 0.813. The number of carbonyl (C=O) groups is 1. The molecule has 23 heavy (non-hydrogen) atoms. The number of methoxy groups -OCH3 is 1. The number of piperidine rings is 1. The number of rotatable bonds is 7. The molecular weight excluding hydrogens is 314 g/mol. The van der Waals surface area contributed by atoms with Crippen LogP contribution in [-0.4, -0.2) is 73.3 Å². The van der Waals surface area contributed by atoms with Gasteiger partial charge in [-0.2, -0.15) is 0 Å². The van der Waals surface area contributed by atoms with Crippen LogP contribution in [0.15, 0.2) is 5.38 Å². The van der Waals surface area contributed by atoms with E-state index in [1.54, 1.807) is 7.11 Å². The van der Waals surface area contributed by atoms with Gasteiger partial charge in [-0.3, -0.25) is 4.79 Å². The van der Waals surface area contributed by atoms with Gasteiger partial charge in [0, 0.05) is 44.1 Å². The summed E-state index contributed by atoms with van der Waals surface area (Å²) in [7, 11) is 5.64. The highest BCUT2D eigenvalue weighted by Crippen LogP contribution is 2.33. The molecule has 1 aromatic heterocycles. The molecule has 2 heterocycles. The Labute approximate surface area is 142 Å².